The Bertz CT molecular complexity index is 965. The molecule has 0 fully saturated rings. The number of carbonyl (C=O) groups excluding carboxylic acids is 1. The molecule has 2 aromatic rings. The summed E-state index contributed by atoms with van der Waals surface area (Å²) in [6, 6.07) is 0. The molecule has 31 heavy (non-hydrogen) atoms. The number of thioether (sulfide) groups is 1. The summed E-state index contributed by atoms with van der Waals surface area (Å²) in [5, 5.41) is 0.763. The first-order valence-corrected chi connectivity index (χ1v) is 12.0. The lowest BCUT2D eigenvalue weighted by atomic mass is 10.2. The number of nitrogens with one attached hydrogen (secondary N) is 1. The second kappa shape index (κ2) is 12.4. The molecule has 172 valence electrons. The van der Waals surface area contributed by atoms with Crippen molar-refractivity contribution in [2.24, 2.45) is 0 Å². The van der Waals surface area contributed by atoms with Crippen LogP contribution in [0.2, 0.25) is 0 Å². The molecule has 2 rings (SSSR count). The molecule has 0 atom stereocenters. The fourth-order valence-corrected chi connectivity index (χ4v) is 4.17. The zero-order chi connectivity index (χ0) is 22.8. The Kier molecular flexibility index (Phi) is 9.90. The highest BCUT2D eigenvalue weighted by Gasteiger charge is 2.24. The number of aryl methyl sites for hydroxylation is 1. The zero-order valence-electron chi connectivity index (χ0n) is 18.7. The first-order valence-electron chi connectivity index (χ1n) is 11.0. The third-order valence-electron chi connectivity index (χ3n) is 4.97. The van der Waals surface area contributed by atoms with Crippen LogP contribution in [0.25, 0.3) is 0 Å². The SMILES string of the molecule is CCCCCN(C(=O)CSc1nccn1CCC)c1c(N)n(CCCC)c(=O)[nH]c1=O. The Morgan fingerprint density at radius 3 is 2.55 bits per heavy atom. The minimum absolute atomic E-state index is 0.0459. The lowest BCUT2D eigenvalue weighted by Gasteiger charge is -2.24. The van der Waals surface area contributed by atoms with Crippen LogP contribution in [0, 0.1) is 0 Å². The maximum Gasteiger partial charge on any atom is 0.330 e. The number of aromatic nitrogens is 4. The van der Waals surface area contributed by atoms with Crippen LogP contribution in [0.3, 0.4) is 0 Å². The molecule has 2 heterocycles. The van der Waals surface area contributed by atoms with E-state index in [1.165, 1.54) is 21.2 Å². The summed E-state index contributed by atoms with van der Waals surface area (Å²) >= 11 is 1.34. The van der Waals surface area contributed by atoms with Crippen LogP contribution in [-0.4, -0.2) is 37.3 Å². The number of nitrogens with zero attached hydrogens (tertiary/aromatic N) is 4. The number of hydrogen-bond donors (Lipinski definition) is 2. The van der Waals surface area contributed by atoms with Crippen LogP contribution < -0.4 is 21.9 Å². The molecular weight excluding hydrogens is 416 g/mol. The van der Waals surface area contributed by atoms with Gasteiger partial charge >= 0.3 is 5.69 Å². The molecule has 0 bridgehead atoms. The summed E-state index contributed by atoms with van der Waals surface area (Å²) in [6.07, 6.45) is 8.83. The second-order valence-electron chi connectivity index (χ2n) is 7.44. The number of unbranched alkanes of at least 4 members (excludes halogenated alkanes) is 3. The van der Waals surface area contributed by atoms with Crippen molar-refractivity contribution >= 4 is 29.2 Å². The number of amides is 1. The average molecular weight is 451 g/mol. The number of imidazole rings is 1. The van der Waals surface area contributed by atoms with Gasteiger partial charge in [0.05, 0.1) is 5.75 Å². The smallest absolute Gasteiger partial charge is 0.330 e. The fourth-order valence-electron chi connectivity index (χ4n) is 3.31. The highest BCUT2D eigenvalue weighted by Crippen LogP contribution is 2.22. The predicted molar refractivity (Wildman–Crippen MR) is 126 cm³/mol. The highest BCUT2D eigenvalue weighted by molar-refractivity contribution is 7.99. The number of H-pyrrole nitrogens is 1. The zero-order valence-corrected chi connectivity index (χ0v) is 19.5. The fraction of sp³-hybridized carbons (Fsp3) is 0.619. The van der Waals surface area contributed by atoms with Crippen LogP contribution in [-0.2, 0) is 17.9 Å². The van der Waals surface area contributed by atoms with E-state index < -0.39 is 11.2 Å². The van der Waals surface area contributed by atoms with Crippen molar-refractivity contribution in [3.8, 4) is 0 Å². The Hall–Kier alpha value is -2.49. The molecule has 0 saturated carbocycles. The van der Waals surface area contributed by atoms with E-state index in [0.29, 0.717) is 13.1 Å². The number of nitrogens with two attached hydrogens (primary N) is 1. The average Bonchev–Trinajstić information content (AvgIpc) is 3.18. The van der Waals surface area contributed by atoms with Crippen LogP contribution in [0.5, 0.6) is 0 Å². The molecule has 0 aliphatic heterocycles. The summed E-state index contributed by atoms with van der Waals surface area (Å²) in [5.74, 6) is -0.0608. The van der Waals surface area contributed by atoms with Crippen molar-refractivity contribution in [1.29, 1.82) is 0 Å². The van der Waals surface area contributed by atoms with Crippen molar-refractivity contribution < 1.29 is 4.79 Å². The molecule has 0 spiro atoms. The van der Waals surface area contributed by atoms with Crippen molar-refractivity contribution in [2.75, 3.05) is 22.9 Å². The van der Waals surface area contributed by atoms with E-state index in [1.807, 2.05) is 17.7 Å². The maximum absolute atomic E-state index is 13.2. The quantitative estimate of drug-likeness (QED) is 0.358. The van der Waals surface area contributed by atoms with E-state index in [1.54, 1.807) is 6.20 Å². The number of carbonyl (C=O) groups is 1. The standard InChI is InChI=1S/C21H34N6O3S/c1-4-7-9-13-26(16(28)15-31-21-23-10-14-25(21)11-6-3)17-18(22)27(12-8-5-2)20(30)24-19(17)29/h10,14H,4-9,11-13,15,22H2,1-3H3,(H,24,29,30). The van der Waals surface area contributed by atoms with Gasteiger partial charge in [-0.3, -0.25) is 19.1 Å². The number of hydrogen-bond acceptors (Lipinski definition) is 6. The molecule has 0 aromatic carbocycles. The van der Waals surface area contributed by atoms with E-state index >= 15 is 0 Å². The normalized spacial score (nSPS) is 11.1. The van der Waals surface area contributed by atoms with Crippen LogP contribution in [0.4, 0.5) is 11.5 Å². The van der Waals surface area contributed by atoms with Crippen LogP contribution >= 0.6 is 11.8 Å². The summed E-state index contributed by atoms with van der Waals surface area (Å²) in [6.45, 7) is 7.75. The van der Waals surface area contributed by atoms with Gasteiger partial charge in [0, 0.05) is 32.0 Å². The predicted octanol–water partition coefficient (Wildman–Crippen LogP) is 2.84. The molecule has 3 N–H and O–H groups in total. The highest BCUT2D eigenvalue weighted by atomic mass is 32.2. The molecule has 0 radical (unpaired) electrons. The number of aromatic amines is 1. The number of nitrogen functional groups attached to an aromatic ring is 1. The van der Waals surface area contributed by atoms with Crippen LogP contribution in [0.15, 0.2) is 27.1 Å². The molecule has 2 aromatic heterocycles. The number of anilines is 2. The monoisotopic (exact) mass is 450 g/mol. The molecule has 1 amide bonds. The Labute approximate surface area is 187 Å². The molecule has 0 aliphatic rings. The van der Waals surface area contributed by atoms with E-state index in [-0.39, 0.29) is 23.2 Å². The topological polar surface area (TPSA) is 119 Å². The lowest BCUT2D eigenvalue weighted by molar-refractivity contribution is -0.116. The first kappa shape index (κ1) is 24.8. The second-order valence-corrected chi connectivity index (χ2v) is 8.39. The summed E-state index contributed by atoms with van der Waals surface area (Å²) < 4.78 is 3.35. The Morgan fingerprint density at radius 2 is 1.87 bits per heavy atom. The van der Waals surface area contributed by atoms with Crippen molar-refractivity contribution in [3.05, 3.63) is 33.2 Å². The van der Waals surface area contributed by atoms with Gasteiger partial charge in [0.25, 0.3) is 5.56 Å². The molecule has 10 heteroatoms. The molecule has 0 unspecified atom stereocenters. The minimum Gasteiger partial charge on any atom is -0.383 e. The van der Waals surface area contributed by atoms with E-state index in [0.717, 1.165) is 50.2 Å². The Balaban J connectivity index is 2.32. The lowest BCUT2D eigenvalue weighted by Crippen LogP contribution is -2.42. The third-order valence-corrected chi connectivity index (χ3v) is 5.96. The third kappa shape index (κ3) is 6.49. The first-order chi connectivity index (χ1) is 14.9. The van der Waals surface area contributed by atoms with Gasteiger partial charge in [0.1, 0.15) is 5.82 Å². The summed E-state index contributed by atoms with van der Waals surface area (Å²) in [7, 11) is 0. The van der Waals surface area contributed by atoms with Gasteiger partial charge in [-0.05, 0) is 19.3 Å². The van der Waals surface area contributed by atoms with E-state index in [4.69, 9.17) is 5.73 Å². The van der Waals surface area contributed by atoms with Gasteiger partial charge in [-0.15, -0.1) is 0 Å². The molecule has 9 nitrogen and oxygen atoms in total. The molecule has 0 saturated heterocycles. The van der Waals surface area contributed by atoms with Gasteiger partial charge in [0.15, 0.2) is 10.8 Å². The van der Waals surface area contributed by atoms with Gasteiger partial charge in [-0.1, -0.05) is 51.8 Å². The Morgan fingerprint density at radius 1 is 1.13 bits per heavy atom. The van der Waals surface area contributed by atoms with Gasteiger partial charge in [0.2, 0.25) is 5.91 Å². The molecular formula is C21H34N6O3S. The minimum atomic E-state index is -0.627. The maximum atomic E-state index is 13.2. The van der Waals surface area contributed by atoms with E-state index in [9.17, 15) is 14.4 Å². The van der Waals surface area contributed by atoms with Crippen molar-refractivity contribution in [1.82, 2.24) is 19.1 Å². The van der Waals surface area contributed by atoms with Gasteiger partial charge in [-0.25, -0.2) is 9.78 Å². The van der Waals surface area contributed by atoms with E-state index in [2.05, 4.69) is 23.8 Å². The van der Waals surface area contributed by atoms with Crippen molar-refractivity contribution in [3.63, 3.8) is 0 Å². The largest absolute Gasteiger partial charge is 0.383 e. The van der Waals surface area contributed by atoms with Crippen molar-refractivity contribution in [2.45, 2.75) is 77.5 Å². The van der Waals surface area contributed by atoms with Gasteiger partial charge < -0.3 is 15.2 Å². The molecule has 0 aliphatic carbocycles. The van der Waals surface area contributed by atoms with Gasteiger partial charge in [-0.2, -0.15) is 0 Å². The summed E-state index contributed by atoms with van der Waals surface area (Å²) in [4.78, 5) is 46.2. The van der Waals surface area contributed by atoms with Crippen LogP contribution in [0.1, 0.15) is 59.3 Å². The summed E-state index contributed by atoms with van der Waals surface area (Å²) in [5.41, 5.74) is 5.14. The number of rotatable bonds is 13.